The quantitative estimate of drug-likeness (QED) is 0.620. The van der Waals surface area contributed by atoms with Crippen LogP contribution in [-0.4, -0.2) is 16.2 Å². The molecule has 0 N–H and O–H groups in total. The molecule has 0 aliphatic rings. The van der Waals surface area contributed by atoms with Gasteiger partial charge < -0.3 is 0 Å². The first-order valence-corrected chi connectivity index (χ1v) is 6.17. The summed E-state index contributed by atoms with van der Waals surface area (Å²) in [5.74, 6) is 1.63. The van der Waals surface area contributed by atoms with Crippen LogP contribution in [0.15, 0.2) is 0 Å². The lowest BCUT2D eigenvalue weighted by Crippen LogP contribution is -1.98. The first-order chi connectivity index (χ1) is 5.65. The van der Waals surface area contributed by atoms with Gasteiger partial charge in [0.05, 0.1) is 15.0 Å². The van der Waals surface area contributed by atoms with E-state index in [-0.39, 0.29) is 0 Å². The van der Waals surface area contributed by atoms with Crippen LogP contribution in [0.5, 0.6) is 0 Å². The van der Waals surface area contributed by atoms with Crippen molar-refractivity contribution in [2.24, 2.45) is 0 Å². The maximum absolute atomic E-state index is 5.89. The largest absolute Gasteiger partial charge is 0.236 e. The zero-order valence-electron chi connectivity index (χ0n) is 6.77. The molecule has 0 saturated heterocycles. The molecule has 66 valence electrons. The van der Waals surface area contributed by atoms with E-state index in [9.17, 15) is 0 Å². The minimum absolute atomic E-state index is 0.562. The van der Waals surface area contributed by atoms with Gasteiger partial charge >= 0.3 is 0 Å². The zero-order valence-corrected chi connectivity index (χ0v) is 10.5. The average molecular weight is 315 g/mol. The summed E-state index contributed by atoms with van der Waals surface area (Å²) >= 11 is 9.73. The van der Waals surface area contributed by atoms with Crippen molar-refractivity contribution in [1.29, 1.82) is 0 Å². The van der Waals surface area contributed by atoms with Crippen LogP contribution in [0, 0.1) is 10.5 Å². The van der Waals surface area contributed by atoms with E-state index in [0.29, 0.717) is 5.15 Å². The van der Waals surface area contributed by atoms with Crippen LogP contribution < -0.4 is 0 Å². The van der Waals surface area contributed by atoms with E-state index in [1.165, 1.54) is 0 Å². The topological polar surface area (TPSA) is 25.8 Å². The third-order valence-corrected chi connectivity index (χ3v) is 3.73. The summed E-state index contributed by atoms with van der Waals surface area (Å²) in [5.41, 5.74) is 0.958. The highest BCUT2D eigenvalue weighted by Crippen LogP contribution is 2.19. The predicted molar refractivity (Wildman–Crippen MR) is 61.7 cm³/mol. The zero-order chi connectivity index (χ0) is 9.14. The molecule has 0 aliphatic carbocycles. The van der Waals surface area contributed by atoms with Crippen LogP contribution in [0.4, 0.5) is 0 Å². The third-order valence-electron chi connectivity index (χ3n) is 1.30. The van der Waals surface area contributed by atoms with E-state index >= 15 is 0 Å². The maximum Gasteiger partial charge on any atom is 0.146 e. The molecule has 0 unspecified atom stereocenters. The fraction of sp³-hybridized carbons (Fsp3) is 0.429. The van der Waals surface area contributed by atoms with Crippen LogP contribution >= 0.6 is 46.0 Å². The SMILES string of the molecule is CSCc1nc(C)c(I)c(Cl)n1. The Morgan fingerprint density at radius 2 is 2.17 bits per heavy atom. The highest BCUT2D eigenvalue weighted by atomic mass is 127. The van der Waals surface area contributed by atoms with Crippen LogP contribution in [0.25, 0.3) is 0 Å². The summed E-state index contributed by atoms with van der Waals surface area (Å²) in [4.78, 5) is 8.45. The van der Waals surface area contributed by atoms with Gasteiger partial charge in [0.2, 0.25) is 0 Å². The number of aromatic nitrogens is 2. The molecule has 1 rings (SSSR count). The number of hydrogen-bond donors (Lipinski definition) is 0. The molecule has 0 radical (unpaired) electrons. The summed E-state index contributed by atoms with van der Waals surface area (Å²) in [7, 11) is 0. The molecule has 0 bridgehead atoms. The Balaban J connectivity index is 3.04. The maximum atomic E-state index is 5.89. The third kappa shape index (κ3) is 2.47. The van der Waals surface area contributed by atoms with Gasteiger partial charge in [-0.15, -0.1) is 0 Å². The highest BCUT2D eigenvalue weighted by Gasteiger charge is 2.05. The second kappa shape index (κ2) is 4.62. The van der Waals surface area contributed by atoms with Crippen molar-refractivity contribution in [2.45, 2.75) is 12.7 Å². The molecular formula is C7H8ClIN2S. The molecule has 12 heavy (non-hydrogen) atoms. The molecule has 1 aromatic rings. The molecule has 1 heterocycles. The highest BCUT2D eigenvalue weighted by molar-refractivity contribution is 14.1. The fourth-order valence-corrected chi connectivity index (χ4v) is 1.64. The van der Waals surface area contributed by atoms with Crippen molar-refractivity contribution < 1.29 is 0 Å². The molecule has 0 spiro atoms. The molecular weight excluding hydrogens is 307 g/mol. The first-order valence-electron chi connectivity index (χ1n) is 3.32. The molecule has 0 aliphatic heterocycles. The molecule has 2 nitrogen and oxygen atoms in total. The number of nitrogens with zero attached hydrogens (tertiary/aromatic N) is 2. The van der Waals surface area contributed by atoms with E-state index in [0.717, 1.165) is 20.8 Å². The van der Waals surface area contributed by atoms with Gasteiger partial charge in [-0.2, -0.15) is 11.8 Å². The monoisotopic (exact) mass is 314 g/mol. The van der Waals surface area contributed by atoms with Crippen molar-refractivity contribution in [3.05, 3.63) is 20.2 Å². The summed E-state index contributed by atoms with van der Waals surface area (Å²) in [6, 6.07) is 0. The summed E-state index contributed by atoms with van der Waals surface area (Å²) in [6.07, 6.45) is 2.02. The summed E-state index contributed by atoms with van der Waals surface area (Å²) < 4.78 is 0.944. The molecule has 0 fully saturated rings. The Morgan fingerprint density at radius 3 is 2.67 bits per heavy atom. The van der Waals surface area contributed by atoms with Gasteiger partial charge in [-0.05, 0) is 35.8 Å². The van der Waals surface area contributed by atoms with Gasteiger partial charge in [0.25, 0.3) is 0 Å². The summed E-state index contributed by atoms with van der Waals surface area (Å²) in [6.45, 7) is 1.94. The van der Waals surface area contributed by atoms with Gasteiger partial charge in [0.1, 0.15) is 11.0 Å². The molecule has 0 atom stereocenters. The number of aryl methyl sites for hydroxylation is 1. The van der Waals surface area contributed by atoms with E-state index in [4.69, 9.17) is 11.6 Å². The number of halogens is 2. The second-order valence-electron chi connectivity index (χ2n) is 2.26. The molecule has 1 aromatic heterocycles. The van der Waals surface area contributed by atoms with Crippen molar-refractivity contribution in [1.82, 2.24) is 9.97 Å². The molecule has 5 heteroatoms. The van der Waals surface area contributed by atoms with Crippen LogP contribution in [-0.2, 0) is 5.75 Å². The first kappa shape index (κ1) is 10.5. The number of hydrogen-bond acceptors (Lipinski definition) is 3. The lowest BCUT2D eigenvalue weighted by Gasteiger charge is -2.02. The van der Waals surface area contributed by atoms with E-state index in [2.05, 4.69) is 32.6 Å². The fourth-order valence-electron chi connectivity index (χ4n) is 0.773. The second-order valence-corrected chi connectivity index (χ2v) is 4.57. The van der Waals surface area contributed by atoms with Gasteiger partial charge in [0.15, 0.2) is 0 Å². The minimum atomic E-state index is 0.562. The van der Waals surface area contributed by atoms with E-state index in [1.54, 1.807) is 11.8 Å². The smallest absolute Gasteiger partial charge is 0.146 e. The van der Waals surface area contributed by atoms with Gasteiger partial charge in [-0.3, -0.25) is 0 Å². The van der Waals surface area contributed by atoms with Crippen molar-refractivity contribution in [3.8, 4) is 0 Å². The molecule has 0 aromatic carbocycles. The minimum Gasteiger partial charge on any atom is -0.236 e. The molecule has 0 amide bonds. The normalized spacial score (nSPS) is 10.3. The van der Waals surface area contributed by atoms with Crippen LogP contribution in [0.1, 0.15) is 11.5 Å². The van der Waals surface area contributed by atoms with E-state index < -0.39 is 0 Å². The summed E-state index contributed by atoms with van der Waals surface area (Å²) in [5, 5.41) is 0.562. The Bertz CT molecular complexity index is 270. The lowest BCUT2D eigenvalue weighted by molar-refractivity contribution is 0.984. The standard InChI is InChI=1S/C7H8ClIN2S/c1-4-6(9)7(8)11-5(10-4)3-12-2/h3H2,1-2H3. The predicted octanol–water partition coefficient (Wildman–Crippen LogP) is 2.91. The van der Waals surface area contributed by atoms with Crippen LogP contribution in [0.3, 0.4) is 0 Å². The van der Waals surface area contributed by atoms with Gasteiger partial charge in [-0.25, -0.2) is 9.97 Å². The Kier molecular flexibility index (Phi) is 4.05. The van der Waals surface area contributed by atoms with Crippen molar-refractivity contribution in [2.75, 3.05) is 6.26 Å². The average Bonchev–Trinajstić information content (AvgIpc) is 2.01. The van der Waals surface area contributed by atoms with Crippen LogP contribution in [0.2, 0.25) is 5.15 Å². The van der Waals surface area contributed by atoms with Gasteiger partial charge in [-0.1, -0.05) is 11.6 Å². The number of thioether (sulfide) groups is 1. The van der Waals surface area contributed by atoms with E-state index in [1.807, 2.05) is 13.2 Å². The van der Waals surface area contributed by atoms with Crippen molar-refractivity contribution in [3.63, 3.8) is 0 Å². The Hall–Kier alpha value is 0.450. The lowest BCUT2D eigenvalue weighted by atomic mass is 10.4. The van der Waals surface area contributed by atoms with Crippen molar-refractivity contribution >= 4 is 46.0 Å². The number of rotatable bonds is 2. The van der Waals surface area contributed by atoms with Gasteiger partial charge in [0, 0.05) is 0 Å². The molecule has 0 saturated carbocycles. The Morgan fingerprint density at radius 1 is 1.50 bits per heavy atom. The Labute approximate surface area is 94.7 Å².